The Bertz CT molecular complexity index is 593. The molecular formula is C10H7NS3. The fraction of sp³-hybridized carbons (Fsp3) is 0.100. The molecule has 0 N–H and O–H groups in total. The largest absolute Gasteiger partial charge is 0.254 e. The van der Waals surface area contributed by atoms with E-state index in [0.29, 0.717) is 0 Å². The summed E-state index contributed by atoms with van der Waals surface area (Å²) in [6.45, 7) is 0. The SMILES string of the molecule is CSc1scc2ncc3sccc3c12. The third-order valence-electron chi connectivity index (χ3n) is 2.21. The molecule has 1 nitrogen and oxygen atoms in total. The van der Waals surface area contributed by atoms with Gasteiger partial charge in [-0.05, 0) is 17.7 Å². The Hall–Kier alpha value is -0.580. The molecule has 0 aromatic carbocycles. The van der Waals surface area contributed by atoms with Crippen LogP contribution in [-0.4, -0.2) is 11.2 Å². The van der Waals surface area contributed by atoms with E-state index in [1.54, 1.807) is 34.4 Å². The Morgan fingerprint density at radius 2 is 2.29 bits per heavy atom. The molecule has 4 heteroatoms. The van der Waals surface area contributed by atoms with Gasteiger partial charge in [-0.25, -0.2) is 0 Å². The first kappa shape index (κ1) is 8.71. The highest BCUT2D eigenvalue weighted by molar-refractivity contribution is 8.00. The number of fused-ring (bicyclic) bond motifs is 3. The van der Waals surface area contributed by atoms with Crippen LogP contribution in [0.15, 0.2) is 27.2 Å². The van der Waals surface area contributed by atoms with Gasteiger partial charge >= 0.3 is 0 Å². The molecule has 3 heterocycles. The molecule has 3 rings (SSSR count). The molecule has 3 aromatic rings. The van der Waals surface area contributed by atoms with Crippen molar-refractivity contribution in [2.45, 2.75) is 4.21 Å². The predicted molar refractivity (Wildman–Crippen MR) is 66.8 cm³/mol. The summed E-state index contributed by atoms with van der Waals surface area (Å²) in [5, 5.41) is 6.96. The first-order chi connectivity index (χ1) is 6.90. The Kier molecular flexibility index (Phi) is 2.00. The lowest BCUT2D eigenvalue weighted by atomic mass is 10.2. The average Bonchev–Trinajstić information content (AvgIpc) is 2.82. The van der Waals surface area contributed by atoms with Crippen LogP contribution >= 0.6 is 34.4 Å². The van der Waals surface area contributed by atoms with Crippen molar-refractivity contribution in [2.75, 3.05) is 6.26 Å². The Morgan fingerprint density at radius 3 is 3.14 bits per heavy atom. The third kappa shape index (κ3) is 1.11. The zero-order valence-corrected chi connectivity index (χ0v) is 9.93. The van der Waals surface area contributed by atoms with Gasteiger partial charge in [-0.15, -0.1) is 34.4 Å². The van der Waals surface area contributed by atoms with Crippen molar-refractivity contribution >= 4 is 55.4 Å². The van der Waals surface area contributed by atoms with Gasteiger partial charge in [0.15, 0.2) is 0 Å². The highest BCUT2D eigenvalue weighted by atomic mass is 32.2. The molecule has 0 radical (unpaired) electrons. The Balaban J connectivity index is 2.58. The van der Waals surface area contributed by atoms with E-state index in [0.717, 1.165) is 5.52 Å². The standard InChI is InChI=1S/C10H7NS3/c1-12-10-9-6-2-3-13-8(6)4-11-7(9)5-14-10/h2-5H,1H3. The van der Waals surface area contributed by atoms with Gasteiger partial charge in [0.1, 0.15) is 0 Å². The molecule has 0 unspecified atom stereocenters. The van der Waals surface area contributed by atoms with E-state index in [2.05, 4.69) is 28.1 Å². The van der Waals surface area contributed by atoms with Gasteiger partial charge in [-0.1, -0.05) is 0 Å². The van der Waals surface area contributed by atoms with E-state index in [4.69, 9.17) is 0 Å². The molecule has 0 saturated heterocycles. The number of aromatic nitrogens is 1. The smallest absolute Gasteiger partial charge is 0.0827 e. The normalized spacial score (nSPS) is 11.5. The van der Waals surface area contributed by atoms with Gasteiger partial charge in [0, 0.05) is 22.3 Å². The van der Waals surface area contributed by atoms with Gasteiger partial charge in [0.2, 0.25) is 0 Å². The van der Waals surface area contributed by atoms with Crippen LogP contribution in [0.4, 0.5) is 0 Å². The van der Waals surface area contributed by atoms with E-state index in [1.807, 2.05) is 6.20 Å². The molecule has 0 spiro atoms. The van der Waals surface area contributed by atoms with Gasteiger partial charge in [0.05, 0.1) is 14.4 Å². The van der Waals surface area contributed by atoms with Crippen LogP contribution in [0.1, 0.15) is 0 Å². The number of hydrogen-bond donors (Lipinski definition) is 0. The summed E-state index contributed by atoms with van der Waals surface area (Å²) in [7, 11) is 0. The van der Waals surface area contributed by atoms with Gasteiger partial charge in [-0.3, -0.25) is 4.98 Å². The van der Waals surface area contributed by atoms with Crippen LogP contribution < -0.4 is 0 Å². The van der Waals surface area contributed by atoms with Crippen LogP contribution in [-0.2, 0) is 0 Å². The Morgan fingerprint density at radius 1 is 1.36 bits per heavy atom. The van der Waals surface area contributed by atoms with E-state index in [-0.39, 0.29) is 0 Å². The lowest BCUT2D eigenvalue weighted by Crippen LogP contribution is -1.73. The minimum absolute atomic E-state index is 1.13. The van der Waals surface area contributed by atoms with Crippen molar-refractivity contribution in [2.24, 2.45) is 0 Å². The number of rotatable bonds is 1. The molecule has 3 aromatic heterocycles. The van der Waals surface area contributed by atoms with Gasteiger partial charge < -0.3 is 0 Å². The summed E-state index contributed by atoms with van der Waals surface area (Å²) in [5.74, 6) is 0. The molecule has 0 fully saturated rings. The third-order valence-corrected chi connectivity index (χ3v) is 5.18. The summed E-state index contributed by atoms with van der Waals surface area (Å²) < 4.78 is 2.66. The van der Waals surface area contributed by atoms with Crippen molar-refractivity contribution in [1.29, 1.82) is 0 Å². The summed E-state index contributed by atoms with van der Waals surface area (Å²) in [6, 6.07) is 2.19. The minimum atomic E-state index is 1.13. The summed E-state index contributed by atoms with van der Waals surface area (Å²) in [5.41, 5.74) is 1.13. The van der Waals surface area contributed by atoms with Crippen LogP contribution in [0.2, 0.25) is 0 Å². The van der Waals surface area contributed by atoms with Crippen LogP contribution in [0.25, 0.3) is 21.0 Å². The van der Waals surface area contributed by atoms with Crippen LogP contribution in [0.3, 0.4) is 0 Å². The highest BCUT2D eigenvalue weighted by Crippen LogP contribution is 2.37. The molecule has 0 aliphatic heterocycles. The molecule has 14 heavy (non-hydrogen) atoms. The van der Waals surface area contributed by atoms with Crippen LogP contribution in [0, 0.1) is 0 Å². The topological polar surface area (TPSA) is 12.9 Å². The van der Waals surface area contributed by atoms with Gasteiger partial charge in [-0.2, -0.15) is 0 Å². The molecule has 70 valence electrons. The zero-order chi connectivity index (χ0) is 9.54. The number of thiophene rings is 2. The first-order valence-corrected chi connectivity index (χ1v) is 7.16. The maximum atomic E-state index is 4.46. The van der Waals surface area contributed by atoms with Crippen molar-refractivity contribution in [3.63, 3.8) is 0 Å². The van der Waals surface area contributed by atoms with Crippen molar-refractivity contribution < 1.29 is 0 Å². The lowest BCUT2D eigenvalue weighted by molar-refractivity contribution is 1.47. The maximum Gasteiger partial charge on any atom is 0.0827 e. The fourth-order valence-electron chi connectivity index (χ4n) is 1.58. The van der Waals surface area contributed by atoms with E-state index < -0.39 is 0 Å². The molecule has 0 atom stereocenters. The number of nitrogens with zero attached hydrogens (tertiary/aromatic N) is 1. The zero-order valence-electron chi connectivity index (χ0n) is 7.48. The summed E-state index contributed by atoms with van der Waals surface area (Å²) in [6.07, 6.45) is 4.09. The second kappa shape index (κ2) is 3.22. The van der Waals surface area contributed by atoms with E-state index in [1.165, 1.54) is 19.7 Å². The molecule has 0 saturated carbocycles. The van der Waals surface area contributed by atoms with E-state index in [9.17, 15) is 0 Å². The predicted octanol–water partition coefficient (Wildman–Crippen LogP) is 4.23. The molecule has 0 amide bonds. The van der Waals surface area contributed by atoms with Crippen molar-refractivity contribution in [3.8, 4) is 0 Å². The second-order valence-electron chi connectivity index (χ2n) is 2.94. The number of hydrogen-bond acceptors (Lipinski definition) is 4. The highest BCUT2D eigenvalue weighted by Gasteiger charge is 2.08. The molecule has 0 aliphatic carbocycles. The van der Waals surface area contributed by atoms with Crippen LogP contribution in [0.5, 0.6) is 0 Å². The van der Waals surface area contributed by atoms with Crippen molar-refractivity contribution in [1.82, 2.24) is 4.98 Å². The number of thioether (sulfide) groups is 1. The van der Waals surface area contributed by atoms with Crippen molar-refractivity contribution in [3.05, 3.63) is 23.0 Å². The monoisotopic (exact) mass is 237 g/mol. The summed E-state index contributed by atoms with van der Waals surface area (Å²) >= 11 is 5.35. The van der Waals surface area contributed by atoms with E-state index >= 15 is 0 Å². The molecular weight excluding hydrogens is 230 g/mol. The van der Waals surface area contributed by atoms with Gasteiger partial charge in [0.25, 0.3) is 0 Å². The maximum absolute atomic E-state index is 4.46. The first-order valence-electron chi connectivity index (χ1n) is 4.17. The quantitative estimate of drug-likeness (QED) is 0.587. The molecule has 0 bridgehead atoms. The molecule has 0 aliphatic rings. The fourth-order valence-corrected chi connectivity index (χ4v) is 4.02. The minimum Gasteiger partial charge on any atom is -0.254 e. The Labute approximate surface area is 93.8 Å². The summed E-state index contributed by atoms with van der Waals surface area (Å²) in [4.78, 5) is 4.46. The second-order valence-corrected chi connectivity index (χ2v) is 5.85. The average molecular weight is 237 g/mol. The lowest BCUT2D eigenvalue weighted by Gasteiger charge is -1.95. The number of pyridine rings is 1.